The maximum Gasteiger partial charge on any atom is 0.244 e. The number of ether oxygens (including phenoxy) is 1. The molecule has 1 fully saturated rings. The average molecular weight is 284 g/mol. The molecule has 2 rings (SSSR count). The molecule has 19 heavy (non-hydrogen) atoms. The second kappa shape index (κ2) is 5.48. The first-order valence-corrected chi connectivity index (χ1v) is 7.90. The van der Waals surface area contributed by atoms with Gasteiger partial charge in [0.05, 0.1) is 0 Å². The summed E-state index contributed by atoms with van der Waals surface area (Å²) in [6.07, 6.45) is 1.56. The van der Waals surface area contributed by atoms with Crippen molar-refractivity contribution in [3.05, 3.63) is 24.3 Å². The van der Waals surface area contributed by atoms with E-state index in [4.69, 9.17) is 10.5 Å². The summed E-state index contributed by atoms with van der Waals surface area (Å²) in [5.41, 5.74) is 5.70. The van der Waals surface area contributed by atoms with Crippen LogP contribution in [0, 0.1) is 0 Å². The number of benzene rings is 1. The van der Waals surface area contributed by atoms with Crippen LogP contribution < -0.4 is 15.2 Å². The second-order valence-electron chi connectivity index (χ2n) is 5.19. The van der Waals surface area contributed by atoms with Gasteiger partial charge in [-0.2, -0.15) is 0 Å². The van der Waals surface area contributed by atoms with E-state index < -0.39 is 10.0 Å². The molecule has 1 aromatic carbocycles. The van der Waals surface area contributed by atoms with Gasteiger partial charge >= 0.3 is 0 Å². The first-order chi connectivity index (χ1) is 8.88. The van der Waals surface area contributed by atoms with Gasteiger partial charge in [0.15, 0.2) is 0 Å². The molecule has 0 bridgehead atoms. The zero-order valence-electron chi connectivity index (χ0n) is 11.2. The van der Waals surface area contributed by atoms with Gasteiger partial charge in [-0.3, -0.25) is 0 Å². The van der Waals surface area contributed by atoms with Crippen molar-refractivity contribution in [2.24, 2.45) is 5.73 Å². The summed E-state index contributed by atoms with van der Waals surface area (Å²) < 4.78 is 32.7. The third-order valence-corrected chi connectivity index (χ3v) is 4.65. The van der Waals surface area contributed by atoms with Crippen LogP contribution in [-0.4, -0.2) is 26.6 Å². The zero-order valence-corrected chi connectivity index (χ0v) is 12.0. The number of rotatable bonds is 5. The number of para-hydroxylation sites is 1. The van der Waals surface area contributed by atoms with Crippen LogP contribution >= 0.6 is 0 Å². The summed E-state index contributed by atoms with van der Waals surface area (Å²) in [6.45, 7) is 3.57. The maximum atomic E-state index is 12.2. The van der Waals surface area contributed by atoms with Crippen LogP contribution in [0.1, 0.15) is 26.7 Å². The standard InChI is InChI=1S/C13H20N2O3S/c1-9(2)15-19(16,17)13-6-4-3-5-12(13)18-11-7-10(14)8-11/h3-6,9-11,15H,7-8,14H2,1-2H3. The van der Waals surface area contributed by atoms with Gasteiger partial charge in [0.2, 0.25) is 10.0 Å². The van der Waals surface area contributed by atoms with E-state index in [9.17, 15) is 8.42 Å². The van der Waals surface area contributed by atoms with E-state index in [1.807, 2.05) is 0 Å². The highest BCUT2D eigenvalue weighted by Gasteiger charge is 2.29. The molecule has 0 aliphatic heterocycles. The fourth-order valence-electron chi connectivity index (χ4n) is 2.03. The quantitative estimate of drug-likeness (QED) is 0.852. The van der Waals surface area contributed by atoms with Gasteiger partial charge in [-0.25, -0.2) is 13.1 Å². The van der Waals surface area contributed by atoms with E-state index >= 15 is 0 Å². The topological polar surface area (TPSA) is 81.4 Å². The Morgan fingerprint density at radius 2 is 1.95 bits per heavy atom. The molecule has 106 valence electrons. The molecule has 0 radical (unpaired) electrons. The van der Waals surface area contributed by atoms with Crippen LogP contribution in [-0.2, 0) is 10.0 Å². The Bertz CT molecular complexity index is 537. The van der Waals surface area contributed by atoms with Crippen molar-refractivity contribution in [3.8, 4) is 5.75 Å². The fraction of sp³-hybridized carbons (Fsp3) is 0.538. The summed E-state index contributed by atoms with van der Waals surface area (Å²) in [4.78, 5) is 0.184. The molecule has 1 aliphatic carbocycles. The van der Waals surface area contributed by atoms with E-state index in [2.05, 4.69) is 4.72 Å². The van der Waals surface area contributed by atoms with Crippen LogP contribution in [0.25, 0.3) is 0 Å². The van der Waals surface area contributed by atoms with Crippen molar-refractivity contribution in [1.82, 2.24) is 4.72 Å². The summed E-state index contributed by atoms with van der Waals surface area (Å²) in [6, 6.07) is 6.70. The summed E-state index contributed by atoms with van der Waals surface area (Å²) in [5.74, 6) is 0.396. The molecule has 0 unspecified atom stereocenters. The van der Waals surface area contributed by atoms with Gasteiger partial charge in [0.1, 0.15) is 16.7 Å². The maximum absolute atomic E-state index is 12.2. The van der Waals surface area contributed by atoms with Gasteiger partial charge < -0.3 is 10.5 Å². The minimum Gasteiger partial charge on any atom is -0.489 e. The number of hydrogen-bond donors (Lipinski definition) is 2. The van der Waals surface area contributed by atoms with Crippen molar-refractivity contribution in [2.75, 3.05) is 0 Å². The van der Waals surface area contributed by atoms with E-state index in [0.29, 0.717) is 5.75 Å². The number of nitrogens with two attached hydrogens (primary N) is 1. The van der Waals surface area contributed by atoms with Crippen LogP contribution in [0.2, 0.25) is 0 Å². The van der Waals surface area contributed by atoms with Gasteiger partial charge in [-0.1, -0.05) is 12.1 Å². The first-order valence-electron chi connectivity index (χ1n) is 6.42. The van der Waals surface area contributed by atoms with E-state index in [1.165, 1.54) is 0 Å². The molecule has 0 spiro atoms. The van der Waals surface area contributed by atoms with Crippen LogP contribution in [0.3, 0.4) is 0 Å². The minimum atomic E-state index is -3.54. The summed E-state index contributed by atoms with van der Waals surface area (Å²) in [5, 5.41) is 0. The molecular weight excluding hydrogens is 264 g/mol. The Morgan fingerprint density at radius 1 is 1.32 bits per heavy atom. The third-order valence-electron chi connectivity index (χ3n) is 2.95. The Balaban J connectivity index is 2.21. The average Bonchev–Trinajstić information content (AvgIpc) is 2.25. The molecule has 0 atom stereocenters. The molecule has 1 aliphatic rings. The Morgan fingerprint density at radius 3 is 2.53 bits per heavy atom. The highest BCUT2D eigenvalue weighted by molar-refractivity contribution is 7.89. The molecule has 1 saturated carbocycles. The molecule has 6 heteroatoms. The van der Waals surface area contributed by atoms with Crippen LogP contribution in [0.5, 0.6) is 5.75 Å². The van der Waals surface area contributed by atoms with Crippen molar-refractivity contribution in [2.45, 2.75) is 49.8 Å². The number of sulfonamides is 1. The first kappa shape index (κ1) is 14.3. The van der Waals surface area contributed by atoms with Gasteiger partial charge in [-0.05, 0) is 38.8 Å². The van der Waals surface area contributed by atoms with Crippen molar-refractivity contribution >= 4 is 10.0 Å². The monoisotopic (exact) mass is 284 g/mol. The van der Waals surface area contributed by atoms with Gasteiger partial charge in [0, 0.05) is 12.1 Å². The molecule has 1 aromatic rings. The van der Waals surface area contributed by atoms with Gasteiger partial charge in [-0.15, -0.1) is 0 Å². The summed E-state index contributed by atoms with van der Waals surface area (Å²) >= 11 is 0. The number of nitrogens with one attached hydrogen (secondary N) is 1. The largest absolute Gasteiger partial charge is 0.489 e. The lowest BCUT2D eigenvalue weighted by Gasteiger charge is -2.33. The third kappa shape index (κ3) is 3.46. The molecular formula is C13H20N2O3S. The lowest BCUT2D eigenvalue weighted by molar-refractivity contribution is 0.0976. The normalized spacial score (nSPS) is 23.2. The van der Waals surface area contributed by atoms with Gasteiger partial charge in [0.25, 0.3) is 0 Å². The smallest absolute Gasteiger partial charge is 0.244 e. The molecule has 3 N–H and O–H groups in total. The molecule has 0 saturated heterocycles. The van der Waals surface area contributed by atoms with E-state index in [1.54, 1.807) is 38.1 Å². The van der Waals surface area contributed by atoms with Crippen molar-refractivity contribution in [3.63, 3.8) is 0 Å². The molecule has 5 nitrogen and oxygen atoms in total. The Kier molecular flexibility index (Phi) is 4.13. The van der Waals surface area contributed by atoms with Crippen LogP contribution in [0.4, 0.5) is 0 Å². The Hall–Kier alpha value is -1.11. The van der Waals surface area contributed by atoms with E-state index in [0.717, 1.165) is 12.8 Å². The highest BCUT2D eigenvalue weighted by Crippen LogP contribution is 2.29. The van der Waals surface area contributed by atoms with Crippen LogP contribution in [0.15, 0.2) is 29.2 Å². The van der Waals surface area contributed by atoms with Crippen molar-refractivity contribution in [1.29, 1.82) is 0 Å². The molecule has 0 amide bonds. The van der Waals surface area contributed by atoms with Crippen molar-refractivity contribution < 1.29 is 13.2 Å². The number of hydrogen-bond acceptors (Lipinski definition) is 4. The SMILES string of the molecule is CC(C)NS(=O)(=O)c1ccccc1OC1CC(N)C1. The Labute approximate surface area is 114 Å². The predicted molar refractivity (Wildman–Crippen MR) is 73.5 cm³/mol. The predicted octanol–water partition coefficient (Wildman–Crippen LogP) is 1.24. The summed E-state index contributed by atoms with van der Waals surface area (Å²) in [7, 11) is -3.54. The zero-order chi connectivity index (χ0) is 14.0. The van der Waals surface area contributed by atoms with E-state index in [-0.39, 0.29) is 23.1 Å². The second-order valence-corrected chi connectivity index (χ2v) is 6.88. The lowest BCUT2D eigenvalue weighted by atomic mass is 9.90. The highest BCUT2D eigenvalue weighted by atomic mass is 32.2. The fourth-order valence-corrected chi connectivity index (χ4v) is 3.41. The molecule has 0 aromatic heterocycles. The lowest BCUT2D eigenvalue weighted by Crippen LogP contribution is -2.43. The minimum absolute atomic E-state index is 0.0189. The molecule has 0 heterocycles.